The van der Waals surface area contributed by atoms with E-state index in [1.807, 2.05) is 66.7 Å². The summed E-state index contributed by atoms with van der Waals surface area (Å²) in [4.78, 5) is 23.9. The molecule has 4 aromatic rings. The molecule has 0 saturated carbocycles. The number of nitrogens with zero attached hydrogens (tertiary/aromatic N) is 1. The number of hydrogen-bond donors (Lipinski definition) is 1. The number of esters is 1. The molecule has 1 aliphatic heterocycles. The van der Waals surface area contributed by atoms with Gasteiger partial charge in [-0.05, 0) is 64.9 Å². The molecule has 0 amide bonds. The molecular weight excluding hydrogens is 500 g/mol. The Morgan fingerprint density at radius 1 is 0.925 bits per heavy atom. The van der Waals surface area contributed by atoms with Gasteiger partial charge < -0.3 is 10.1 Å². The lowest BCUT2D eigenvalue weighted by Gasteiger charge is -2.37. The number of hydrogen-bond acceptors (Lipinski definition) is 5. The van der Waals surface area contributed by atoms with E-state index in [0.717, 1.165) is 28.8 Å². The van der Waals surface area contributed by atoms with Gasteiger partial charge in [-0.3, -0.25) is 10.1 Å². The predicted octanol–water partition coefficient (Wildman–Crippen LogP) is 7.97. The van der Waals surface area contributed by atoms with Gasteiger partial charge >= 0.3 is 5.97 Å². The molecule has 6 nitrogen and oxygen atoms in total. The Hall–Kier alpha value is -4.71. The minimum Gasteiger partial charge on any atom is -0.423 e. The molecule has 0 unspecified atom stereocenters. The molecule has 0 aromatic heterocycles. The maximum absolute atomic E-state index is 13.2. The Labute approximate surface area is 233 Å². The predicted molar refractivity (Wildman–Crippen MR) is 156 cm³/mol. The standard InChI is InChI=1S/C34H30N2O4/c1-34(2,24-7-4-3-5-8-24)25-14-18-27(19-15-25)40-33(37)23-13-20-31-30(21-23)28-9-6-10-29(28)32(35-31)22-11-16-26(17-12-22)36(38)39/h3-9,11-21,28-29,32,35H,10H2,1-2H3/t28-,29+,32-/m0/s1. The first-order chi connectivity index (χ1) is 19.3. The third-order valence-electron chi connectivity index (χ3n) is 8.34. The number of fused-ring (bicyclic) bond motifs is 3. The van der Waals surface area contributed by atoms with Crippen LogP contribution in [0.4, 0.5) is 11.4 Å². The highest BCUT2D eigenvalue weighted by molar-refractivity contribution is 5.92. The van der Waals surface area contributed by atoms with Crippen LogP contribution in [0.1, 0.15) is 64.8 Å². The molecule has 1 N–H and O–H groups in total. The van der Waals surface area contributed by atoms with Crippen LogP contribution in [0.15, 0.2) is 109 Å². The van der Waals surface area contributed by atoms with Crippen molar-refractivity contribution < 1.29 is 14.5 Å². The SMILES string of the molecule is CC(C)(c1ccccc1)c1ccc(OC(=O)c2ccc3c(c2)[C@H]2C=CC[C@H]2[C@H](c2ccc([N+](=O)[O-])cc2)N3)cc1. The average Bonchev–Trinajstić information content (AvgIpc) is 3.48. The Kier molecular flexibility index (Phi) is 6.46. The normalized spacial score (nSPS) is 19.3. The summed E-state index contributed by atoms with van der Waals surface area (Å²) in [7, 11) is 0. The summed E-state index contributed by atoms with van der Waals surface area (Å²) in [6, 6.07) is 30.5. The van der Waals surface area contributed by atoms with Gasteiger partial charge in [-0.25, -0.2) is 4.79 Å². The second-order valence-corrected chi connectivity index (χ2v) is 11.0. The number of nitro groups is 1. The van der Waals surface area contributed by atoms with Crippen molar-refractivity contribution in [3.05, 3.63) is 147 Å². The maximum atomic E-state index is 13.2. The van der Waals surface area contributed by atoms with Crippen molar-refractivity contribution in [2.45, 2.75) is 37.6 Å². The molecule has 0 saturated heterocycles. The van der Waals surface area contributed by atoms with E-state index in [0.29, 0.717) is 11.3 Å². The second-order valence-electron chi connectivity index (χ2n) is 11.0. The summed E-state index contributed by atoms with van der Waals surface area (Å²) < 4.78 is 5.76. The van der Waals surface area contributed by atoms with Gasteiger partial charge in [0.05, 0.1) is 16.5 Å². The average molecular weight is 531 g/mol. The summed E-state index contributed by atoms with van der Waals surface area (Å²) in [6.07, 6.45) is 5.26. The number of rotatable bonds is 6. The fourth-order valence-corrected chi connectivity index (χ4v) is 5.98. The molecule has 0 fully saturated rings. The van der Waals surface area contributed by atoms with Gasteiger partial charge in [0.2, 0.25) is 0 Å². The lowest BCUT2D eigenvalue weighted by Crippen LogP contribution is -2.29. The number of anilines is 1. The van der Waals surface area contributed by atoms with Gasteiger partial charge in [-0.1, -0.05) is 80.6 Å². The van der Waals surface area contributed by atoms with Gasteiger partial charge in [-0.2, -0.15) is 0 Å². The molecule has 0 radical (unpaired) electrons. The number of carbonyl (C=O) groups excluding carboxylic acids is 1. The fraction of sp³-hybridized carbons (Fsp3) is 0.206. The molecule has 0 spiro atoms. The van der Waals surface area contributed by atoms with Crippen LogP contribution in [0.2, 0.25) is 0 Å². The number of ether oxygens (including phenoxy) is 1. The van der Waals surface area contributed by atoms with Crippen LogP contribution in [-0.2, 0) is 5.41 Å². The third-order valence-corrected chi connectivity index (χ3v) is 8.34. The molecule has 1 heterocycles. The Morgan fingerprint density at radius 2 is 1.62 bits per heavy atom. The van der Waals surface area contributed by atoms with Crippen LogP contribution in [0.3, 0.4) is 0 Å². The van der Waals surface area contributed by atoms with Crippen molar-refractivity contribution in [3.8, 4) is 5.75 Å². The first kappa shape index (κ1) is 25.6. The quantitative estimate of drug-likeness (QED) is 0.0899. The maximum Gasteiger partial charge on any atom is 0.343 e. The van der Waals surface area contributed by atoms with E-state index in [2.05, 4.69) is 43.4 Å². The van der Waals surface area contributed by atoms with Crippen LogP contribution in [0, 0.1) is 16.0 Å². The minimum atomic E-state index is -0.395. The van der Waals surface area contributed by atoms with E-state index in [1.165, 1.54) is 5.56 Å². The number of allylic oxidation sites excluding steroid dienone is 2. The first-order valence-electron chi connectivity index (χ1n) is 13.5. The van der Waals surface area contributed by atoms with Gasteiger partial charge in [0.25, 0.3) is 5.69 Å². The van der Waals surface area contributed by atoms with Gasteiger partial charge in [0, 0.05) is 29.2 Å². The van der Waals surface area contributed by atoms with Crippen LogP contribution < -0.4 is 10.1 Å². The number of nitro benzene ring substituents is 1. The fourth-order valence-electron chi connectivity index (χ4n) is 5.98. The number of non-ortho nitro benzene ring substituents is 1. The number of benzene rings is 4. The van der Waals surface area contributed by atoms with Crippen molar-refractivity contribution in [2.24, 2.45) is 5.92 Å². The first-order valence-corrected chi connectivity index (χ1v) is 13.5. The highest BCUT2D eigenvalue weighted by Crippen LogP contribution is 2.50. The molecule has 1 aliphatic carbocycles. The van der Waals surface area contributed by atoms with E-state index in [9.17, 15) is 14.9 Å². The molecular formula is C34H30N2O4. The number of carbonyl (C=O) groups is 1. The van der Waals surface area contributed by atoms with Crippen molar-refractivity contribution in [1.82, 2.24) is 0 Å². The van der Waals surface area contributed by atoms with E-state index in [1.54, 1.807) is 18.2 Å². The summed E-state index contributed by atoms with van der Waals surface area (Å²) in [5.74, 6) is 0.503. The molecule has 2 aliphatic rings. The van der Waals surface area contributed by atoms with E-state index >= 15 is 0 Å². The Balaban J connectivity index is 1.20. The third kappa shape index (κ3) is 4.66. The van der Waals surface area contributed by atoms with Crippen LogP contribution >= 0.6 is 0 Å². The second kappa shape index (κ2) is 10.1. The van der Waals surface area contributed by atoms with Crippen molar-refractivity contribution in [2.75, 3.05) is 5.32 Å². The van der Waals surface area contributed by atoms with Gasteiger partial charge in [0.15, 0.2) is 0 Å². The zero-order valence-electron chi connectivity index (χ0n) is 22.4. The minimum absolute atomic E-state index is 0.0183. The molecule has 3 atom stereocenters. The highest BCUT2D eigenvalue weighted by Gasteiger charge is 2.38. The molecule has 4 aromatic carbocycles. The highest BCUT2D eigenvalue weighted by atomic mass is 16.6. The van der Waals surface area contributed by atoms with Crippen molar-refractivity contribution in [1.29, 1.82) is 0 Å². The van der Waals surface area contributed by atoms with E-state index in [-0.39, 0.29) is 33.9 Å². The Morgan fingerprint density at radius 3 is 2.33 bits per heavy atom. The zero-order valence-corrected chi connectivity index (χ0v) is 22.4. The van der Waals surface area contributed by atoms with Gasteiger partial charge in [0.1, 0.15) is 5.75 Å². The molecule has 40 heavy (non-hydrogen) atoms. The van der Waals surface area contributed by atoms with Gasteiger partial charge in [-0.15, -0.1) is 0 Å². The van der Waals surface area contributed by atoms with E-state index < -0.39 is 5.97 Å². The lowest BCUT2D eigenvalue weighted by atomic mass is 9.76. The molecule has 6 rings (SSSR count). The monoisotopic (exact) mass is 530 g/mol. The molecule has 6 heteroatoms. The van der Waals surface area contributed by atoms with Crippen molar-refractivity contribution in [3.63, 3.8) is 0 Å². The van der Waals surface area contributed by atoms with Crippen LogP contribution in [-0.4, -0.2) is 10.9 Å². The summed E-state index contributed by atoms with van der Waals surface area (Å²) in [5.41, 5.74) is 5.80. The topological polar surface area (TPSA) is 81.5 Å². The van der Waals surface area contributed by atoms with Crippen LogP contribution in [0.5, 0.6) is 5.75 Å². The molecule has 200 valence electrons. The van der Waals surface area contributed by atoms with Crippen LogP contribution in [0.25, 0.3) is 0 Å². The summed E-state index contributed by atoms with van der Waals surface area (Å²) in [5, 5.41) is 14.7. The van der Waals surface area contributed by atoms with Crippen molar-refractivity contribution >= 4 is 17.3 Å². The molecule has 0 bridgehead atoms. The lowest BCUT2D eigenvalue weighted by molar-refractivity contribution is -0.384. The zero-order chi connectivity index (χ0) is 27.9. The largest absolute Gasteiger partial charge is 0.423 e. The Bertz CT molecular complexity index is 1590. The number of nitrogens with one attached hydrogen (secondary N) is 1. The summed E-state index contributed by atoms with van der Waals surface area (Å²) in [6.45, 7) is 4.36. The smallest absolute Gasteiger partial charge is 0.343 e. The summed E-state index contributed by atoms with van der Waals surface area (Å²) >= 11 is 0. The van der Waals surface area contributed by atoms with E-state index in [4.69, 9.17) is 4.74 Å².